The van der Waals surface area contributed by atoms with Crippen LogP contribution >= 0.6 is 12.2 Å². The molecule has 82 valence electrons. The molecule has 0 aromatic carbocycles. The van der Waals surface area contributed by atoms with Crippen molar-refractivity contribution in [3.63, 3.8) is 0 Å². The first-order chi connectivity index (χ1) is 6.52. The van der Waals surface area contributed by atoms with Crippen LogP contribution in [0.4, 0.5) is 0 Å². The molecule has 0 rings (SSSR count). The van der Waals surface area contributed by atoms with Crippen molar-refractivity contribution in [3.8, 4) is 0 Å². The quantitative estimate of drug-likeness (QED) is 0.635. The summed E-state index contributed by atoms with van der Waals surface area (Å²) in [5.74, 6) is -0.492. The molecule has 0 fully saturated rings. The van der Waals surface area contributed by atoms with E-state index in [-0.39, 0.29) is 22.9 Å². The van der Waals surface area contributed by atoms with Gasteiger partial charge in [0.05, 0.1) is 17.5 Å². The predicted molar refractivity (Wildman–Crippen MR) is 60.0 cm³/mol. The first kappa shape index (κ1) is 13.3. The lowest BCUT2D eigenvalue weighted by Crippen LogP contribution is -2.43. The average Bonchev–Trinajstić information content (AvgIpc) is 2.04. The lowest BCUT2D eigenvalue weighted by atomic mass is 10.1. The Labute approximate surface area is 90.2 Å². The van der Waals surface area contributed by atoms with Crippen molar-refractivity contribution in [3.05, 3.63) is 0 Å². The van der Waals surface area contributed by atoms with Crippen molar-refractivity contribution in [1.82, 2.24) is 5.32 Å². The number of amides is 1. The molecule has 0 spiro atoms. The number of methoxy groups -OCH3 is 1. The Morgan fingerprint density at radius 1 is 1.64 bits per heavy atom. The topological polar surface area (TPSA) is 64.3 Å². The highest BCUT2D eigenvalue weighted by Crippen LogP contribution is 2.03. The molecule has 0 saturated carbocycles. The summed E-state index contributed by atoms with van der Waals surface area (Å²) < 4.78 is 4.90. The van der Waals surface area contributed by atoms with Crippen LogP contribution in [0, 0.1) is 5.92 Å². The van der Waals surface area contributed by atoms with E-state index in [0.29, 0.717) is 13.0 Å². The molecular weight excluding hydrogens is 200 g/mol. The highest BCUT2D eigenvalue weighted by atomic mass is 32.1. The van der Waals surface area contributed by atoms with Gasteiger partial charge in [0.2, 0.25) is 5.91 Å². The fraction of sp³-hybridized carbons (Fsp3) is 0.778. The smallest absolute Gasteiger partial charge is 0.230 e. The molecule has 0 aliphatic rings. The van der Waals surface area contributed by atoms with Gasteiger partial charge in [-0.1, -0.05) is 19.1 Å². The largest absolute Gasteiger partial charge is 0.393 e. The van der Waals surface area contributed by atoms with Crippen molar-refractivity contribution in [2.45, 2.75) is 26.3 Å². The number of carbonyl (C=O) groups excluding carboxylic acids is 1. The highest BCUT2D eigenvalue weighted by Gasteiger charge is 2.20. The maximum atomic E-state index is 11.6. The van der Waals surface area contributed by atoms with E-state index in [1.54, 1.807) is 7.11 Å². The van der Waals surface area contributed by atoms with Gasteiger partial charge in [-0.15, -0.1) is 0 Å². The van der Waals surface area contributed by atoms with Crippen LogP contribution in [0.25, 0.3) is 0 Å². The summed E-state index contributed by atoms with van der Waals surface area (Å²) in [6.07, 6.45) is 0.626. The van der Waals surface area contributed by atoms with E-state index in [2.05, 4.69) is 5.32 Å². The van der Waals surface area contributed by atoms with Gasteiger partial charge >= 0.3 is 0 Å². The van der Waals surface area contributed by atoms with Crippen LogP contribution in [0.3, 0.4) is 0 Å². The molecule has 0 radical (unpaired) electrons. The van der Waals surface area contributed by atoms with E-state index in [9.17, 15) is 4.79 Å². The maximum absolute atomic E-state index is 11.6. The van der Waals surface area contributed by atoms with Crippen LogP contribution < -0.4 is 11.1 Å². The van der Waals surface area contributed by atoms with Gasteiger partial charge < -0.3 is 15.8 Å². The van der Waals surface area contributed by atoms with E-state index in [1.165, 1.54) is 0 Å². The lowest BCUT2D eigenvalue weighted by Gasteiger charge is -2.17. The minimum atomic E-state index is -0.371. The molecule has 0 aliphatic heterocycles. The third kappa shape index (κ3) is 4.53. The van der Waals surface area contributed by atoms with E-state index in [1.807, 2.05) is 13.8 Å². The molecular formula is C9H18N2O2S. The Kier molecular flexibility index (Phi) is 6.40. The van der Waals surface area contributed by atoms with Crippen LogP contribution in [0.1, 0.15) is 20.3 Å². The fourth-order valence-electron chi connectivity index (χ4n) is 1.15. The third-order valence-corrected chi connectivity index (χ3v) is 2.16. The Balaban J connectivity index is 4.10. The predicted octanol–water partition coefficient (Wildman–Crippen LogP) is 0.450. The number of thiocarbonyl (C=S) groups is 1. The summed E-state index contributed by atoms with van der Waals surface area (Å²) in [4.78, 5) is 11.8. The zero-order chi connectivity index (χ0) is 11.1. The molecule has 0 aromatic rings. The van der Waals surface area contributed by atoms with E-state index in [0.717, 1.165) is 0 Å². The summed E-state index contributed by atoms with van der Waals surface area (Å²) >= 11 is 4.80. The van der Waals surface area contributed by atoms with Crippen LogP contribution in [-0.4, -0.2) is 30.7 Å². The maximum Gasteiger partial charge on any atom is 0.230 e. The van der Waals surface area contributed by atoms with Gasteiger partial charge in [-0.2, -0.15) is 0 Å². The van der Waals surface area contributed by atoms with E-state index in [4.69, 9.17) is 22.7 Å². The first-order valence-corrected chi connectivity index (χ1v) is 5.02. The second-order valence-electron chi connectivity index (χ2n) is 3.23. The summed E-state index contributed by atoms with van der Waals surface area (Å²) in [6.45, 7) is 4.23. The zero-order valence-electron chi connectivity index (χ0n) is 8.87. The SMILES string of the molecule is CCC(C(=O)NC(C)COC)C(N)=S. The molecule has 0 saturated heterocycles. The molecule has 0 aromatic heterocycles. The molecule has 5 heteroatoms. The Morgan fingerprint density at radius 2 is 2.21 bits per heavy atom. The number of carbonyl (C=O) groups is 1. The molecule has 3 N–H and O–H groups in total. The number of rotatable bonds is 6. The number of hydrogen-bond acceptors (Lipinski definition) is 3. The second kappa shape index (κ2) is 6.73. The minimum Gasteiger partial charge on any atom is -0.393 e. The van der Waals surface area contributed by atoms with Gasteiger partial charge in [-0.3, -0.25) is 4.79 Å². The number of ether oxygens (including phenoxy) is 1. The minimum absolute atomic E-state index is 0.0177. The highest BCUT2D eigenvalue weighted by molar-refractivity contribution is 7.80. The molecule has 4 nitrogen and oxygen atoms in total. The molecule has 14 heavy (non-hydrogen) atoms. The molecule has 2 unspecified atom stereocenters. The van der Waals surface area contributed by atoms with Gasteiger partial charge in [-0.25, -0.2) is 0 Å². The number of nitrogens with two attached hydrogens (primary N) is 1. The van der Waals surface area contributed by atoms with Crippen molar-refractivity contribution in [2.75, 3.05) is 13.7 Å². The van der Waals surface area contributed by atoms with Crippen molar-refractivity contribution >= 4 is 23.1 Å². The number of hydrogen-bond donors (Lipinski definition) is 2. The normalized spacial score (nSPS) is 14.5. The second-order valence-corrected chi connectivity index (χ2v) is 3.70. The summed E-state index contributed by atoms with van der Waals surface area (Å²) in [7, 11) is 1.59. The Morgan fingerprint density at radius 3 is 2.57 bits per heavy atom. The third-order valence-electron chi connectivity index (χ3n) is 1.87. The Hall–Kier alpha value is -0.680. The number of nitrogens with one attached hydrogen (secondary N) is 1. The van der Waals surface area contributed by atoms with Crippen LogP contribution in [-0.2, 0) is 9.53 Å². The molecule has 0 bridgehead atoms. The lowest BCUT2D eigenvalue weighted by molar-refractivity contribution is -0.124. The van der Waals surface area contributed by atoms with Crippen LogP contribution in [0.5, 0.6) is 0 Å². The van der Waals surface area contributed by atoms with E-state index >= 15 is 0 Å². The summed E-state index contributed by atoms with van der Waals surface area (Å²) in [5, 5.41) is 2.78. The molecule has 2 atom stereocenters. The van der Waals surface area contributed by atoms with Crippen molar-refractivity contribution in [2.24, 2.45) is 11.7 Å². The Bertz CT molecular complexity index is 209. The van der Waals surface area contributed by atoms with Crippen molar-refractivity contribution < 1.29 is 9.53 Å². The molecule has 1 amide bonds. The van der Waals surface area contributed by atoms with Crippen LogP contribution in [0.15, 0.2) is 0 Å². The monoisotopic (exact) mass is 218 g/mol. The zero-order valence-corrected chi connectivity index (χ0v) is 9.69. The summed E-state index contributed by atoms with van der Waals surface area (Å²) in [6, 6.07) is -0.0177. The first-order valence-electron chi connectivity index (χ1n) is 4.61. The van der Waals surface area contributed by atoms with Crippen LogP contribution in [0.2, 0.25) is 0 Å². The van der Waals surface area contributed by atoms with Gasteiger partial charge in [0, 0.05) is 13.2 Å². The average molecular weight is 218 g/mol. The molecule has 0 aliphatic carbocycles. The van der Waals surface area contributed by atoms with Gasteiger partial charge in [0.25, 0.3) is 0 Å². The van der Waals surface area contributed by atoms with Gasteiger partial charge in [0.15, 0.2) is 0 Å². The molecule has 0 heterocycles. The fourth-order valence-corrected chi connectivity index (χ4v) is 1.42. The van der Waals surface area contributed by atoms with E-state index < -0.39 is 0 Å². The van der Waals surface area contributed by atoms with Gasteiger partial charge in [0.1, 0.15) is 0 Å². The standard InChI is InChI=1S/C9H18N2O2S/c1-4-7(8(10)14)9(12)11-6(2)5-13-3/h6-7H,4-5H2,1-3H3,(H2,10,14)(H,11,12). The summed E-state index contributed by atoms with van der Waals surface area (Å²) in [5.41, 5.74) is 5.44. The van der Waals surface area contributed by atoms with Crippen molar-refractivity contribution in [1.29, 1.82) is 0 Å². The van der Waals surface area contributed by atoms with Gasteiger partial charge in [-0.05, 0) is 13.3 Å².